The fraction of sp³-hybridized carbons (Fsp3) is 0.222. The molecule has 8 nitrogen and oxygen atoms in total. The van der Waals surface area contributed by atoms with E-state index in [2.05, 4.69) is 0 Å². The third-order valence-electron chi connectivity index (χ3n) is 4.32. The molecule has 12 heteroatoms. The SMILES string of the molecule is N#Cc1ccc(OCC2(OC(N)=O)CN(S(=O)(=O)c3ccc(Cl)cc3Cl)C2)cc1F. The second-order valence-electron chi connectivity index (χ2n) is 6.49. The maximum absolute atomic E-state index is 13.7. The first-order chi connectivity index (χ1) is 14.1. The Morgan fingerprint density at radius 3 is 2.53 bits per heavy atom. The summed E-state index contributed by atoms with van der Waals surface area (Å²) in [5.41, 5.74) is 3.58. The summed E-state index contributed by atoms with van der Waals surface area (Å²) in [6.45, 7) is -0.798. The zero-order valence-corrected chi connectivity index (χ0v) is 17.5. The molecule has 0 spiro atoms. The molecular formula is C18H14Cl2FN3O5S. The van der Waals surface area contributed by atoms with Crippen molar-refractivity contribution in [3.05, 3.63) is 57.8 Å². The quantitative estimate of drug-likeness (QED) is 0.687. The number of amides is 1. The van der Waals surface area contributed by atoms with Gasteiger partial charge in [0.15, 0.2) is 5.60 Å². The van der Waals surface area contributed by atoms with Gasteiger partial charge >= 0.3 is 6.09 Å². The summed E-state index contributed by atoms with van der Waals surface area (Å²) in [5, 5.41) is 8.99. The third kappa shape index (κ3) is 4.44. The fourth-order valence-corrected chi connectivity index (χ4v) is 5.21. The van der Waals surface area contributed by atoms with E-state index in [1.807, 2.05) is 0 Å². The highest BCUT2D eigenvalue weighted by molar-refractivity contribution is 7.89. The molecule has 1 aliphatic heterocycles. The molecule has 0 saturated carbocycles. The van der Waals surface area contributed by atoms with Crippen LogP contribution in [0.3, 0.4) is 0 Å². The predicted molar refractivity (Wildman–Crippen MR) is 105 cm³/mol. The Labute approximate surface area is 181 Å². The number of benzene rings is 2. The van der Waals surface area contributed by atoms with Crippen molar-refractivity contribution in [3.8, 4) is 11.8 Å². The first-order valence-electron chi connectivity index (χ1n) is 8.32. The summed E-state index contributed by atoms with van der Waals surface area (Å²) in [6.07, 6.45) is -1.12. The first-order valence-corrected chi connectivity index (χ1v) is 10.5. The lowest BCUT2D eigenvalue weighted by atomic mass is 9.98. The minimum atomic E-state index is -4.00. The number of nitrogens with zero attached hydrogens (tertiary/aromatic N) is 2. The van der Waals surface area contributed by atoms with E-state index in [1.54, 1.807) is 6.07 Å². The van der Waals surface area contributed by atoms with Gasteiger partial charge < -0.3 is 15.2 Å². The van der Waals surface area contributed by atoms with Crippen molar-refractivity contribution in [2.24, 2.45) is 5.73 Å². The molecule has 30 heavy (non-hydrogen) atoms. The molecule has 1 aliphatic rings. The summed E-state index contributed by atoms with van der Waals surface area (Å²) in [5.74, 6) is -0.712. The van der Waals surface area contributed by atoms with Crippen LogP contribution in [0.5, 0.6) is 5.75 Å². The predicted octanol–water partition coefficient (Wildman–Crippen LogP) is 2.92. The van der Waals surface area contributed by atoms with Crippen LogP contribution in [0.15, 0.2) is 41.3 Å². The number of ether oxygens (including phenoxy) is 2. The number of primary amides is 1. The standard InChI is InChI=1S/C18H14Cl2FN3O5S/c19-12-2-4-16(14(20)5-12)30(26,27)24-8-18(9-24,29-17(23)25)10-28-13-3-1-11(7-22)15(21)6-13/h1-6H,8-10H2,(H2,23,25). The third-order valence-corrected chi connectivity index (χ3v) is 6.83. The molecule has 3 rings (SSSR count). The number of carbonyl (C=O) groups excluding carboxylic acids is 1. The van der Waals surface area contributed by atoms with Crippen LogP contribution in [0.4, 0.5) is 9.18 Å². The Morgan fingerprint density at radius 2 is 1.97 bits per heavy atom. The molecule has 2 N–H and O–H groups in total. The van der Waals surface area contributed by atoms with E-state index in [9.17, 15) is 17.6 Å². The lowest BCUT2D eigenvalue weighted by molar-refractivity contribution is -0.0909. The van der Waals surface area contributed by atoms with Gasteiger partial charge in [-0.05, 0) is 30.3 Å². The molecule has 0 unspecified atom stereocenters. The molecule has 1 saturated heterocycles. The number of rotatable bonds is 6. The van der Waals surface area contributed by atoms with Gasteiger partial charge in [-0.1, -0.05) is 23.2 Å². The summed E-state index contributed by atoms with van der Waals surface area (Å²) in [4.78, 5) is 11.2. The van der Waals surface area contributed by atoms with Crippen molar-refractivity contribution >= 4 is 39.3 Å². The van der Waals surface area contributed by atoms with Crippen LogP contribution in [-0.2, 0) is 14.8 Å². The van der Waals surface area contributed by atoms with Crippen LogP contribution in [0.1, 0.15) is 5.56 Å². The summed E-state index contributed by atoms with van der Waals surface area (Å²) < 4.78 is 50.9. The second-order valence-corrected chi connectivity index (χ2v) is 9.24. The maximum atomic E-state index is 13.7. The maximum Gasteiger partial charge on any atom is 0.405 e. The number of sulfonamides is 1. The average molecular weight is 474 g/mol. The zero-order chi connectivity index (χ0) is 22.1. The molecular weight excluding hydrogens is 460 g/mol. The van der Waals surface area contributed by atoms with Gasteiger partial charge in [0.25, 0.3) is 0 Å². The van der Waals surface area contributed by atoms with Gasteiger partial charge in [-0.3, -0.25) is 0 Å². The van der Waals surface area contributed by atoms with Crippen molar-refractivity contribution < 1.29 is 27.1 Å². The second kappa shape index (κ2) is 8.28. The summed E-state index contributed by atoms with van der Waals surface area (Å²) in [6, 6.07) is 9.22. The van der Waals surface area contributed by atoms with Crippen LogP contribution in [0.25, 0.3) is 0 Å². The highest BCUT2D eigenvalue weighted by atomic mass is 35.5. The van der Waals surface area contributed by atoms with E-state index in [4.69, 9.17) is 43.7 Å². The number of carbonyl (C=O) groups is 1. The summed E-state index contributed by atoms with van der Waals surface area (Å²) >= 11 is 11.8. The highest BCUT2D eigenvalue weighted by Crippen LogP contribution is 2.35. The minimum Gasteiger partial charge on any atom is -0.489 e. The van der Waals surface area contributed by atoms with E-state index < -0.39 is 27.5 Å². The molecule has 0 radical (unpaired) electrons. The number of hydrogen-bond donors (Lipinski definition) is 1. The van der Waals surface area contributed by atoms with Crippen LogP contribution in [0.2, 0.25) is 10.0 Å². The molecule has 0 aromatic heterocycles. The normalized spacial score (nSPS) is 15.7. The van der Waals surface area contributed by atoms with E-state index in [-0.39, 0.29) is 46.0 Å². The molecule has 0 aliphatic carbocycles. The van der Waals surface area contributed by atoms with Crippen molar-refractivity contribution in [2.45, 2.75) is 10.5 Å². The Bertz CT molecular complexity index is 1150. The van der Waals surface area contributed by atoms with Gasteiger partial charge in [-0.25, -0.2) is 17.6 Å². The monoisotopic (exact) mass is 473 g/mol. The van der Waals surface area contributed by atoms with Crippen LogP contribution >= 0.6 is 23.2 Å². The number of nitriles is 1. The molecule has 1 fully saturated rings. The van der Waals surface area contributed by atoms with Crippen molar-refractivity contribution in [3.63, 3.8) is 0 Å². The summed E-state index contributed by atoms with van der Waals surface area (Å²) in [7, 11) is -4.00. The zero-order valence-electron chi connectivity index (χ0n) is 15.1. The number of hydrogen-bond acceptors (Lipinski definition) is 6. The molecule has 2 aromatic rings. The molecule has 0 bridgehead atoms. The van der Waals surface area contributed by atoms with Gasteiger partial charge in [0.2, 0.25) is 10.0 Å². The minimum absolute atomic E-state index is 0.0554. The first kappa shape index (κ1) is 22.1. The van der Waals surface area contributed by atoms with E-state index >= 15 is 0 Å². The Hall–Kier alpha value is -2.58. The largest absolute Gasteiger partial charge is 0.489 e. The molecule has 1 amide bonds. The average Bonchev–Trinajstić information content (AvgIpc) is 2.62. The van der Waals surface area contributed by atoms with Crippen molar-refractivity contribution in [2.75, 3.05) is 19.7 Å². The van der Waals surface area contributed by atoms with Gasteiger partial charge in [0.05, 0.1) is 23.7 Å². The fourth-order valence-electron chi connectivity index (χ4n) is 2.88. The molecule has 2 aromatic carbocycles. The van der Waals surface area contributed by atoms with Gasteiger partial charge in [-0.2, -0.15) is 9.57 Å². The smallest absolute Gasteiger partial charge is 0.405 e. The lowest BCUT2D eigenvalue weighted by Crippen LogP contribution is -2.68. The lowest BCUT2D eigenvalue weighted by Gasteiger charge is -2.47. The van der Waals surface area contributed by atoms with Crippen LogP contribution in [-0.4, -0.2) is 44.1 Å². The number of halogens is 3. The van der Waals surface area contributed by atoms with Crippen molar-refractivity contribution in [1.82, 2.24) is 4.31 Å². The Morgan fingerprint density at radius 1 is 1.27 bits per heavy atom. The van der Waals surface area contributed by atoms with E-state index in [0.29, 0.717) is 0 Å². The molecule has 0 atom stereocenters. The number of nitrogens with two attached hydrogens (primary N) is 1. The van der Waals surface area contributed by atoms with Gasteiger partial charge in [-0.15, -0.1) is 0 Å². The van der Waals surface area contributed by atoms with Gasteiger partial charge in [0.1, 0.15) is 29.1 Å². The van der Waals surface area contributed by atoms with E-state index in [0.717, 1.165) is 10.4 Å². The Kier molecular flexibility index (Phi) is 6.10. The van der Waals surface area contributed by atoms with E-state index in [1.165, 1.54) is 30.3 Å². The highest BCUT2D eigenvalue weighted by Gasteiger charge is 2.52. The Balaban J connectivity index is 1.76. The van der Waals surface area contributed by atoms with Crippen LogP contribution < -0.4 is 10.5 Å². The topological polar surface area (TPSA) is 123 Å². The molecule has 1 heterocycles. The van der Waals surface area contributed by atoms with Gasteiger partial charge in [0, 0.05) is 11.1 Å². The van der Waals surface area contributed by atoms with Crippen molar-refractivity contribution in [1.29, 1.82) is 5.26 Å². The molecule has 158 valence electrons. The van der Waals surface area contributed by atoms with Crippen LogP contribution in [0, 0.1) is 17.1 Å².